The fourth-order valence-corrected chi connectivity index (χ4v) is 1.68. The Bertz CT molecular complexity index is 683. The molecule has 0 atom stereocenters. The minimum Gasteiger partial charge on any atom is -0.399 e. The molecule has 1 aromatic carbocycles. The molecule has 0 saturated heterocycles. The minimum atomic E-state index is -0.650. The summed E-state index contributed by atoms with van der Waals surface area (Å²) < 4.78 is 15.6. The SMILES string of the molecule is Cn1ccn(Cc2cc(N)cc(F)c2)c(=O)c1=O. The Labute approximate surface area is 102 Å². The van der Waals surface area contributed by atoms with Gasteiger partial charge < -0.3 is 14.9 Å². The zero-order valence-corrected chi connectivity index (χ0v) is 9.76. The second kappa shape index (κ2) is 4.48. The topological polar surface area (TPSA) is 70.0 Å². The molecule has 0 amide bonds. The van der Waals surface area contributed by atoms with E-state index in [1.807, 2.05) is 0 Å². The fraction of sp³-hybridized carbons (Fsp3) is 0.167. The van der Waals surface area contributed by atoms with Crippen molar-refractivity contribution in [1.82, 2.24) is 9.13 Å². The van der Waals surface area contributed by atoms with E-state index in [4.69, 9.17) is 5.73 Å². The third-order valence-corrected chi connectivity index (χ3v) is 2.57. The molecular formula is C12H12FN3O2. The molecule has 18 heavy (non-hydrogen) atoms. The Morgan fingerprint density at radius 1 is 1.17 bits per heavy atom. The lowest BCUT2D eigenvalue weighted by molar-refractivity contribution is 0.622. The van der Waals surface area contributed by atoms with Crippen molar-refractivity contribution >= 4 is 5.69 Å². The number of nitrogens with two attached hydrogens (primary N) is 1. The van der Waals surface area contributed by atoms with Gasteiger partial charge in [0.1, 0.15) is 5.82 Å². The number of nitrogen functional groups attached to an aromatic ring is 1. The van der Waals surface area contributed by atoms with E-state index in [2.05, 4.69) is 0 Å². The van der Waals surface area contributed by atoms with E-state index in [-0.39, 0.29) is 12.2 Å². The van der Waals surface area contributed by atoms with E-state index in [1.165, 1.54) is 40.7 Å². The van der Waals surface area contributed by atoms with Crippen LogP contribution in [0, 0.1) is 5.82 Å². The van der Waals surface area contributed by atoms with Crippen LogP contribution in [0.5, 0.6) is 0 Å². The predicted molar refractivity (Wildman–Crippen MR) is 65.9 cm³/mol. The Morgan fingerprint density at radius 2 is 1.89 bits per heavy atom. The predicted octanol–water partition coefficient (Wildman–Crippen LogP) is 0.317. The molecule has 2 rings (SSSR count). The van der Waals surface area contributed by atoms with E-state index in [9.17, 15) is 14.0 Å². The molecule has 0 aliphatic carbocycles. The van der Waals surface area contributed by atoms with Crippen molar-refractivity contribution in [2.45, 2.75) is 6.54 Å². The van der Waals surface area contributed by atoms with Gasteiger partial charge in [0, 0.05) is 25.1 Å². The number of benzene rings is 1. The zero-order valence-electron chi connectivity index (χ0n) is 9.76. The Morgan fingerprint density at radius 3 is 2.56 bits per heavy atom. The summed E-state index contributed by atoms with van der Waals surface area (Å²) in [6.45, 7) is 0.108. The van der Waals surface area contributed by atoms with Crippen LogP contribution in [0.2, 0.25) is 0 Å². The number of nitrogens with zero attached hydrogens (tertiary/aromatic N) is 2. The van der Waals surface area contributed by atoms with Crippen molar-refractivity contribution < 1.29 is 4.39 Å². The molecule has 0 spiro atoms. The normalized spacial score (nSPS) is 10.6. The second-order valence-electron chi connectivity index (χ2n) is 4.04. The van der Waals surface area contributed by atoms with Crippen molar-refractivity contribution in [3.05, 3.63) is 62.7 Å². The number of halogens is 1. The fourth-order valence-electron chi connectivity index (χ4n) is 1.68. The van der Waals surface area contributed by atoms with Crippen molar-refractivity contribution in [3.8, 4) is 0 Å². The summed E-state index contributed by atoms with van der Waals surface area (Å²) in [6.07, 6.45) is 2.96. The number of rotatable bonds is 2. The summed E-state index contributed by atoms with van der Waals surface area (Å²) >= 11 is 0. The number of hydrogen-bond acceptors (Lipinski definition) is 3. The van der Waals surface area contributed by atoms with E-state index in [0.29, 0.717) is 5.56 Å². The molecule has 0 aliphatic rings. The third kappa shape index (κ3) is 2.32. The molecule has 2 aromatic rings. The first-order valence-electron chi connectivity index (χ1n) is 5.28. The van der Waals surface area contributed by atoms with Crippen LogP contribution >= 0.6 is 0 Å². The lowest BCUT2D eigenvalue weighted by atomic mass is 10.2. The smallest absolute Gasteiger partial charge is 0.316 e. The van der Waals surface area contributed by atoms with Gasteiger partial charge in [-0.2, -0.15) is 0 Å². The molecule has 6 heteroatoms. The summed E-state index contributed by atoms with van der Waals surface area (Å²) in [5.41, 5.74) is 5.05. The summed E-state index contributed by atoms with van der Waals surface area (Å²) in [5.74, 6) is -0.470. The van der Waals surface area contributed by atoms with E-state index in [1.54, 1.807) is 6.07 Å². The largest absolute Gasteiger partial charge is 0.399 e. The first-order valence-corrected chi connectivity index (χ1v) is 5.28. The van der Waals surface area contributed by atoms with Crippen LogP contribution < -0.4 is 16.9 Å². The average Bonchev–Trinajstić information content (AvgIpc) is 2.29. The summed E-state index contributed by atoms with van der Waals surface area (Å²) in [5, 5.41) is 0. The average molecular weight is 249 g/mol. The maximum atomic E-state index is 13.1. The van der Waals surface area contributed by atoms with Crippen LogP contribution in [0.15, 0.2) is 40.2 Å². The Kier molecular flexibility index (Phi) is 3.01. The van der Waals surface area contributed by atoms with Gasteiger partial charge in [0.15, 0.2) is 0 Å². The van der Waals surface area contributed by atoms with Crippen LogP contribution in [0.25, 0.3) is 0 Å². The molecule has 0 fully saturated rings. The van der Waals surface area contributed by atoms with Crippen molar-refractivity contribution in [2.24, 2.45) is 7.05 Å². The highest BCUT2D eigenvalue weighted by Gasteiger charge is 2.04. The number of hydrogen-bond donors (Lipinski definition) is 1. The molecule has 5 nitrogen and oxygen atoms in total. The van der Waals surface area contributed by atoms with Gasteiger partial charge in [0.25, 0.3) is 0 Å². The molecular weight excluding hydrogens is 237 g/mol. The highest BCUT2D eigenvalue weighted by Crippen LogP contribution is 2.11. The molecule has 0 aliphatic heterocycles. The van der Waals surface area contributed by atoms with Crippen LogP contribution in [0.3, 0.4) is 0 Å². The molecule has 1 heterocycles. The Hall–Kier alpha value is -2.37. The maximum absolute atomic E-state index is 13.1. The van der Waals surface area contributed by atoms with Crippen LogP contribution in [0.1, 0.15) is 5.56 Å². The number of aromatic nitrogens is 2. The highest BCUT2D eigenvalue weighted by molar-refractivity contribution is 5.41. The van der Waals surface area contributed by atoms with Crippen LogP contribution in [-0.4, -0.2) is 9.13 Å². The molecule has 94 valence electrons. The van der Waals surface area contributed by atoms with Gasteiger partial charge in [-0.3, -0.25) is 9.59 Å². The summed E-state index contributed by atoms with van der Waals surface area (Å²) in [6, 6.07) is 4.03. The number of aryl methyl sites for hydroxylation is 1. The molecule has 0 radical (unpaired) electrons. The molecule has 0 bridgehead atoms. The first kappa shape index (κ1) is 12.1. The standard InChI is InChI=1S/C12H12FN3O2/c1-15-2-3-16(12(18)11(15)17)7-8-4-9(13)6-10(14)5-8/h2-6H,7,14H2,1H3. The number of anilines is 1. The lowest BCUT2D eigenvalue weighted by Crippen LogP contribution is -2.39. The molecule has 1 aromatic heterocycles. The zero-order chi connectivity index (χ0) is 13.3. The Balaban J connectivity index is 2.44. The minimum absolute atomic E-state index is 0.108. The first-order chi connectivity index (χ1) is 8.47. The van der Waals surface area contributed by atoms with Gasteiger partial charge in [-0.15, -0.1) is 0 Å². The monoisotopic (exact) mass is 249 g/mol. The van der Waals surface area contributed by atoms with E-state index in [0.717, 1.165) is 0 Å². The van der Waals surface area contributed by atoms with Crippen molar-refractivity contribution in [3.63, 3.8) is 0 Å². The third-order valence-electron chi connectivity index (χ3n) is 2.57. The van der Waals surface area contributed by atoms with Gasteiger partial charge >= 0.3 is 11.1 Å². The van der Waals surface area contributed by atoms with Gasteiger partial charge in [-0.25, -0.2) is 4.39 Å². The molecule has 2 N–H and O–H groups in total. The second-order valence-corrected chi connectivity index (χ2v) is 4.04. The van der Waals surface area contributed by atoms with Crippen molar-refractivity contribution in [1.29, 1.82) is 0 Å². The summed E-state index contributed by atoms with van der Waals surface area (Å²) in [7, 11) is 1.49. The van der Waals surface area contributed by atoms with Gasteiger partial charge in [0.2, 0.25) is 0 Å². The van der Waals surface area contributed by atoms with Gasteiger partial charge in [-0.1, -0.05) is 0 Å². The lowest BCUT2D eigenvalue weighted by Gasteiger charge is -2.07. The van der Waals surface area contributed by atoms with Crippen LogP contribution in [-0.2, 0) is 13.6 Å². The summed E-state index contributed by atoms with van der Waals surface area (Å²) in [4.78, 5) is 23.1. The van der Waals surface area contributed by atoms with E-state index >= 15 is 0 Å². The van der Waals surface area contributed by atoms with E-state index < -0.39 is 16.9 Å². The van der Waals surface area contributed by atoms with Crippen LogP contribution in [0.4, 0.5) is 10.1 Å². The van der Waals surface area contributed by atoms with Gasteiger partial charge in [-0.05, 0) is 23.8 Å². The quantitative estimate of drug-likeness (QED) is 0.615. The maximum Gasteiger partial charge on any atom is 0.316 e. The molecule has 0 unspecified atom stereocenters. The van der Waals surface area contributed by atoms with Gasteiger partial charge in [0.05, 0.1) is 6.54 Å². The van der Waals surface area contributed by atoms with Crippen molar-refractivity contribution in [2.75, 3.05) is 5.73 Å². The molecule has 0 saturated carbocycles. The highest BCUT2D eigenvalue weighted by atomic mass is 19.1.